The van der Waals surface area contributed by atoms with E-state index in [-0.39, 0.29) is 11.9 Å². The lowest BCUT2D eigenvalue weighted by Gasteiger charge is -2.05. The Bertz CT molecular complexity index is 3880. The number of ether oxygens (including phenoxy) is 2. The predicted molar refractivity (Wildman–Crippen MR) is 419 cm³/mol. The molecule has 20 nitrogen and oxygen atoms in total. The van der Waals surface area contributed by atoms with E-state index >= 15 is 0 Å². The van der Waals surface area contributed by atoms with Crippen molar-refractivity contribution in [2.24, 2.45) is 7.05 Å². The molecular weight excluding hydrogens is 1380 g/mol. The van der Waals surface area contributed by atoms with Crippen molar-refractivity contribution in [3.8, 4) is 11.6 Å². The summed E-state index contributed by atoms with van der Waals surface area (Å²) in [5.74, 6) is 5.89. The molecule has 0 radical (unpaired) electrons. The highest BCUT2D eigenvalue weighted by Gasteiger charge is 2.05. The minimum Gasteiger partial charge on any atom is -0.495 e. The monoisotopic (exact) mass is 1490 g/mol. The summed E-state index contributed by atoms with van der Waals surface area (Å²) in [6.45, 7) is 43.2. The summed E-state index contributed by atoms with van der Waals surface area (Å²) in [5.41, 5.74) is 24.9. The Labute approximate surface area is 628 Å². The van der Waals surface area contributed by atoms with E-state index in [0.29, 0.717) is 29.6 Å². The van der Waals surface area contributed by atoms with Crippen LogP contribution in [0.1, 0.15) is 161 Å². The molecule has 4 N–H and O–H groups in total. The third-order valence-electron chi connectivity index (χ3n) is 13.4. The first-order valence-electron chi connectivity index (χ1n) is 32.9. The number of nitrogens with zero attached hydrogens (tertiary/aromatic N) is 13. The zero-order chi connectivity index (χ0) is 77.7. The quantitative estimate of drug-likeness (QED) is 0.157. The number of furan rings is 2. The van der Waals surface area contributed by atoms with Crippen molar-refractivity contribution in [3.63, 3.8) is 0 Å². The molecule has 1 unspecified atom stereocenters. The Morgan fingerprint density at radius 1 is 0.553 bits per heavy atom. The van der Waals surface area contributed by atoms with Gasteiger partial charge in [-0.1, -0.05) is 68.6 Å². The Morgan fingerprint density at radius 3 is 1.39 bits per heavy atom. The molecule has 0 fully saturated rings. The van der Waals surface area contributed by atoms with Crippen LogP contribution >= 0.6 is 46.1 Å². The topological polar surface area (TPSA) is 270 Å². The lowest BCUT2D eigenvalue weighted by Crippen LogP contribution is -2.05. The van der Waals surface area contributed by atoms with Crippen molar-refractivity contribution in [2.45, 2.75) is 177 Å². The Hall–Kier alpha value is -9.48. The van der Waals surface area contributed by atoms with Crippen LogP contribution in [0.3, 0.4) is 0 Å². The summed E-state index contributed by atoms with van der Waals surface area (Å²) < 4.78 is 39.8. The zero-order valence-corrected chi connectivity index (χ0v) is 67.3. The Kier molecular flexibility index (Phi) is 45.1. The van der Waals surface area contributed by atoms with Crippen LogP contribution in [0.2, 0.25) is 14.4 Å². The number of methoxy groups -OCH3 is 1. The van der Waals surface area contributed by atoms with Gasteiger partial charge in [0.05, 0.1) is 74.9 Å². The number of rotatable bonds is 6. The molecule has 25 heteroatoms. The molecule has 0 saturated heterocycles. The van der Waals surface area contributed by atoms with Crippen LogP contribution in [0.25, 0.3) is 0 Å². The molecule has 12 heterocycles. The van der Waals surface area contributed by atoms with Gasteiger partial charge in [0.15, 0.2) is 12.2 Å². The van der Waals surface area contributed by atoms with Crippen molar-refractivity contribution < 1.29 is 27.1 Å². The summed E-state index contributed by atoms with van der Waals surface area (Å²) in [7, 11) is 3.45. The van der Waals surface area contributed by atoms with E-state index in [9.17, 15) is 4.39 Å². The highest BCUT2D eigenvalue weighted by atomic mass is 35.5. The summed E-state index contributed by atoms with van der Waals surface area (Å²) in [6.07, 6.45) is 25.4. The standard InChI is InChI=1S/C9H14N2.C8H12N2.C7H11NO2.C7H9NO.C7H9N.C6H6ClN.C6H8FN.C6H8N2.C6H9NO.C6H8O.C5H4Cl2S.C5H7N3/c1-4-7(2)9-6-10-8(3)5-11-9;1-6(2)8-5-9-7(3)4-10-8;1-5(2)10-7-4-9-6(3)8-7;1-6-3-4-7(9-2)5-8-6;1-6-3-4-7(2)8-5-6;1-5-4-8-3-2-6(5)7;1-5-3-6(7)4-8(5)2;1-5-3-8-6(2)4-7-5;1-4-3-6(7)5(2)8-4;1-5-3-4-7-6(5)2;1-3-4(6)2-5(7)8-3;1-4-2-3-7-5(6)8-4/h5-7H,4H2,1-3H3;4-6H,1-3H3;4-5H,1-3H3;3-5H,1-2H3;3-5H,1-2H3;2-4H,1H3;2*3-4H,1-2H3;3H,7H2,1-2H3;3-4H,1-2H3;2H,1H3;2-3H,1H3,(H2,6,7,8). The van der Waals surface area contributed by atoms with Gasteiger partial charge in [0, 0.05) is 121 Å². The Balaban J connectivity index is 0.000000563. The molecule has 0 aliphatic rings. The fourth-order valence-electron chi connectivity index (χ4n) is 6.85. The number of nitrogens with two attached hydrogens (primary N) is 2. The van der Waals surface area contributed by atoms with Gasteiger partial charge in [-0.05, 0) is 201 Å². The van der Waals surface area contributed by atoms with E-state index in [1.54, 1.807) is 86.4 Å². The average Bonchev–Trinajstić information content (AvgIpc) is 1.62. The van der Waals surface area contributed by atoms with Gasteiger partial charge in [0.1, 0.15) is 28.8 Å². The van der Waals surface area contributed by atoms with Crippen molar-refractivity contribution in [3.05, 3.63) is 269 Å². The van der Waals surface area contributed by atoms with Crippen molar-refractivity contribution >= 4 is 57.8 Å². The molecule has 0 bridgehead atoms. The molecular formula is C78H105Cl3FN15O5S. The van der Waals surface area contributed by atoms with Gasteiger partial charge < -0.3 is 38.8 Å². The van der Waals surface area contributed by atoms with Crippen LogP contribution < -0.4 is 20.9 Å². The third kappa shape index (κ3) is 43.2. The second kappa shape index (κ2) is 50.8. The molecule has 0 aliphatic carbocycles. The largest absolute Gasteiger partial charge is 0.495 e. The molecule has 12 aromatic heterocycles. The molecule has 12 aromatic rings. The maximum Gasteiger partial charge on any atom is 0.253 e. The zero-order valence-electron chi connectivity index (χ0n) is 64.2. The number of halogens is 4. The van der Waals surface area contributed by atoms with Crippen molar-refractivity contribution in [2.75, 3.05) is 18.6 Å². The van der Waals surface area contributed by atoms with Crippen LogP contribution in [0.5, 0.6) is 11.6 Å². The number of hydrogen-bond donors (Lipinski definition) is 2. The second-order valence-electron chi connectivity index (χ2n) is 23.7. The summed E-state index contributed by atoms with van der Waals surface area (Å²) >= 11 is 18.4. The molecule has 12 rings (SSSR count). The number of pyridine rings is 3. The second-order valence-corrected chi connectivity index (χ2v) is 26.4. The van der Waals surface area contributed by atoms with E-state index in [0.717, 1.165) is 117 Å². The number of hydrogen-bond acceptors (Lipinski definition) is 20. The number of thiophene rings is 1. The summed E-state index contributed by atoms with van der Waals surface area (Å²) in [5, 5.41) is 1.54. The minimum atomic E-state index is -0.162. The molecule has 1 atom stereocenters. The van der Waals surface area contributed by atoms with E-state index in [4.69, 9.17) is 69.0 Å². The van der Waals surface area contributed by atoms with Gasteiger partial charge in [-0.15, -0.1) is 11.3 Å². The van der Waals surface area contributed by atoms with Gasteiger partial charge in [0.25, 0.3) is 5.88 Å². The normalized spacial score (nSPS) is 10.0. The summed E-state index contributed by atoms with van der Waals surface area (Å²) in [4.78, 5) is 49.4. The van der Waals surface area contributed by atoms with Gasteiger partial charge >= 0.3 is 0 Å². The van der Waals surface area contributed by atoms with Gasteiger partial charge in [-0.3, -0.25) is 44.9 Å². The fourth-order valence-corrected chi connectivity index (χ4v) is 8.39. The van der Waals surface area contributed by atoms with E-state index in [2.05, 4.69) is 93.6 Å². The summed E-state index contributed by atoms with van der Waals surface area (Å²) in [6, 6.07) is 18.5. The predicted octanol–water partition coefficient (Wildman–Crippen LogP) is 20.8. The molecule has 0 spiro atoms. The van der Waals surface area contributed by atoms with Gasteiger partial charge in [-0.2, -0.15) is 4.98 Å². The third-order valence-corrected chi connectivity index (χ3v) is 15.5. The van der Waals surface area contributed by atoms with E-state index < -0.39 is 0 Å². The molecule has 0 saturated carbocycles. The molecule has 0 aromatic carbocycles. The number of aromatic nitrogens is 13. The number of anilines is 2. The van der Waals surface area contributed by atoms with Crippen molar-refractivity contribution in [1.82, 2.24) is 64.4 Å². The first kappa shape index (κ1) is 91.5. The van der Waals surface area contributed by atoms with Crippen LogP contribution in [-0.4, -0.2) is 77.6 Å². The Morgan fingerprint density at radius 2 is 1.12 bits per heavy atom. The molecule has 556 valence electrons. The maximum absolute atomic E-state index is 12.2. The molecule has 0 aliphatic heterocycles. The smallest absolute Gasteiger partial charge is 0.253 e. The van der Waals surface area contributed by atoms with E-state index in [1.807, 2.05) is 180 Å². The lowest BCUT2D eigenvalue weighted by atomic mass is 10.1. The lowest BCUT2D eigenvalue weighted by molar-refractivity contribution is 0.232. The van der Waals surface area contributed by atoms with Crippen molar-refractivity contribution in [1.29, 1.82) is 0 Å². The highest BCUT2D eigenvalue weighted by molar-refractivity contribution is 7.16. The van der Waals surface area contributed by atoms with Gasteiger partial charge in [0.2, 0.25) is 5.95 Å². The minimum absolute atomic E-state index is 0.157. The number of nitrogen functional groups attached to an aromatic ring is 2. The number of oxazole rings is 1. The fraction of sp³-hybridized carbons (Fsp3) is 0.359. The highest BCUT2D eigenvalue weighted by Crippen LogP contribution is 2.29. The van der Waals surface area contributed by atoms with Crippen LogP contribution in [-0.2, 0) is 7.05 Å². The first-order valence-corrected chi connectivity index (χ1v) is 34.9. The molecule has 103 heavy (non-hydrogen) atoms. The van der Waals surface area contributed by atoms with Crippen LogP contribution in [0.15, 0.2) is 161 Å². The maximum atomic E-state index is 12.2. The van der Waals surface area contributed by atoms with Crippen LogP contribution in [0.4, 0.5) is 16.0 Å². The average molecular weight is 1490 g/mol. The molecule has 0 amide bonds. The van der Waals surface area contributed by atoms with Gasteiger partial charge in [-0.25, -0.2) is 14.4 Å². The van der Waals surface area contributed by atoms with E-state index in [1.165, 1.54) is 41.0 Å². The number of aryl methyl sites for hydroxylation is 17. The van der Waals surface area contributed by atoms with Crippen LogP contribution in [0, 0.1) is 117 Å². The SMILES string of the molecule is CCC(C)c1cnc(C)cn1.COc1ccc(C)nc1.Cc1cc(F)cn1C.Cc1cc(N)c(C)o1.Cc1ccc(C)nc1.Cc1ccnc(N)n1.Cc1ccoc1C.Cc1cnc(C(C)C)cn1.Cc1cnc(C)cn1.Cc1cnccc1Cl.Cc1nc(OC(C)C)co1.Cc1sc(Cl)cc1Cl. The first-order chi connectivity index (χ1) is 48.5.